The van der Waals surface area contributed by atoms with Crippen molar-refractivity contribution < 1.29 is 23.2 Å². The van der Waals surface area contributed by atoms with Crippen LogP contribution in [0.25, 0.3) is 0 Å². The van der Waals surface area contributed by atoms with Crippen LogP contribution in [0.4, 0.5) is 14.5 Å². The van der Waals surface area contributed by atoms with Crippen molar-refractivity contribution in [2.24, 2.45) is 0 Å². The van der Waals surface area contributed by atoms with E-state index in [9.17, 15) is 13.6 Å². The number of nitrogens with one attached hydrogen (secondary N) is 2. The first kappa shape index (κ1) is 18.2. The van der Waals surface area contributed by atoms with E-state index in [0.29, 0.717) is 17.3 Å². The topological polar surface area (TPSA) is 42.8 Å². The Morgan fingerprint density at radius 1 is 1.25 bits per heavy atom. The Labute approximate surface area is 144 Å². The molecule has 2 N–H and O–H groups in total. The minimum absolute atomic E-state index is 0.0312. The quantitative estimate of drug-likeness (QED) is 0.835. The van der Waals surface area contributed by atoms with Gasteiger partial charge in [-0.1, -0.05) is 17.7 Å². The summed E-state index contributed by atoms with van der Waals surface area (Å²) in [7, 11) is 3.34. The lowest BCUT2D eigenvalue weighted by Gasteiger charge is -2.16. The number of methoxy groups -OCH3 is 1. The summed E-state index contributed by atoms with van der Waals surface area (Å²) in [5.41, 5.74) is 0.406. The molecular weight excluding hydrogens is 338 g/mol. The number of rotatable bonds is 6. The van der Waals surface area contributed by atoms with E-state index in [1.165, 1.54) is 6.07 Å². The van der Waals surface area contributed by atoms with E-state index in [1.54, 1.807) is 32.4 Å². The summed E-state index contributed by atoms with van der Waals surface area (Å²) in [6, 6.07) is 8.65. The molecule has 0 saturated carbocycles. The second-order valence-corrected chi connectivity index (χ2v) is 5.85. The summed E-state index contributed by atoms with van der Waals surface area (Å²) in [6.45, 7) is 0.500. The van der Waals surface area contributed by atoms with Crippen molar-refractivity contribution in [3.8, 4) is 5.75 Å². The van der Waals surface area contributed by atoms with Gasteiger partial charge in [-0.25, -0.2) is 8.78 Å². The molecule has 0 heterocycles. The highest BCUT2D eigenvalue weighted by molar-refractivity contribution is 6.30. The number of quaternary nitrogens is 1. The fourth-order valence-corrected chi connectivity index (χ4v) is 2.54. The van der Waals surface area contributed by atoms with Gasteiger partial charge >= 0.3 is 0 Å². The standard InChI is InChI=1S/C17H17ClF2N2O2/c1-22(9-11-8-12(18)6-7-15(11)24-2)10-16(23)21-17-13(19)4-3-5-14(17)20/h3-8H,9-10H2,1-2H3,(H,21,23)/p+1. The first-order valence-corrected chi connectivity index (χ1v) is 7.66. The van der Waals surface area contributed by atoms with Gasteiger partial charge in [0.1, 0.15) is 29.6 Å². The van der Waals surface area contributed by atoms with Gasteiger partial charge in [0, 0.05) is 10.6 Å². The molecule has 0 radical (unpaired) electrons. The van der Waals surface area contributed by atoms with Crippen LogP contribution >= 0.6 is 11.6 Å². The lowest BCUT2D eigenvalue weighted by Crippen LogP contribution is -3.08. The smallest absolute Gasteiger partial charge is 0.279 e. The molecule has 2 aromatic carbocycles. The summed E-state index contributed by atoms with van der Waals surface area (Å²) in [5.74, 6) is -1.44. The molecule has 0 bridgehead atoms. The van der Waals surface area contributed by atoms with E-state index in [4.69, 9.17) is 16.3 Å². The Bertz CT molecular complexity index is 720. The number of carbonyl (C=O) groups excluding carboxylic acids is 1. The first-order chi connectivity index (χ1) is 11.4. The number of amides is 1. The normalized spacial score (nSPS) is 11.9. The number of anilines is 1. The van der Waals surface area contributed by atoms with Gasteiger partial charge in [0.15, 0.2) is 6.54 Å². The Morgan fingerprint density at radius 2 is 1.92 bits per heavy atom. The van der Waals surface area contributed by atoms with Gasteiger partial charge in [-0.15, -0.1) is 0 Å². The molecule has 0 aliphatic rings. The van der Waals surface area contributed by atoms with Gasteiger partial charge in [0.05, 0.1) is 14.2 Å². The van der Waals surface area contributed by atoms with Crippen LogP contribution in [0.3, 0.4) is 0 Å². The van der Waals surface area contributed by atoms with Gasteiger partial charge in [0.25, 0.3) is 5.91 Å². The van der Waals surface area contributed by atoms with Gasteiger partial charge in [-0.3, -0.25) is 4.79 Å². The van der Waals surface area contributed by atoms with Crippen LogP contribution in [0.2, 0.25) is 5.02 Å². The van der Waals surface area contributed by atoms with Crippen molar-refractivity contribution in [3.63, 3.8) is 0 Å². The van der Waals surface area contributed by atoms with E-state index in [2.05, 4.69) is 5.32 Å². The highest BCUT2D eigenvalue weighted by Crippen LogP contribution is 2.21. The number of hydrogen-bond acceptors (Lipinski definition) is 2. The van der Waals surface area contributed by atoms with Crippen LogP contribution in [0.5, 0.6) is 5.75 Å². The predicted octanol–water partition coefficient (Wildman–Crippen LogP) is 2.28. The molecule has 24 heavy (non-hydrogen) atoms. The summed E-state index contributed by atoms with van der Waals surface area (Å²) in [4.78, 5) is 12.8. The minimum Gasteiger partial charge on any atom is -0.496 e. The molecule has 0 aliphatic heterocycles. The molecular formula is C17H18ClF2N2O2+. The van der Waals surface area contributed by atoms with Gasteiger partial charge in [-0.05, 0) is 30.3 Å². The minimum atomic E-state index is -0.808. The van der Waals surface area contributed by atoms with Gasteiger partial charge in [0.2, 0.25) is 0 Å². The van der Waals surface area contributed by atoms with E-state index in [1.807, 2.05) is 0 Å². The highest BCUT2D eigenvalue weighted by Gasteiger charge is 2.17. The molecule has 1 amide bonds. The first-order valence-electron chi connectivity index (χ1n) is 7.28. The van der Waals surface area contributed by atoms with E-state index >= 15 is 0 Å². The van der Waals surface area contributed by atoms with Crippen molar-refractivity contribution in [1.29, 1.82) is 0 Å². The van der Waals surface area contributed by atoms with Crippen LogP contribution in [-0.2, 0) is 11.3 Å². The third-order valence-electron chi connectivity index (χ3n) is 3.42. The fourth-order valence-electron chi connectivity index (χ4n) is 2.35. The zero-order chi connectivity index (χ0) is 17.7. The molecule has 128 valence electrons. The number of carbonyl (C=O) groups is 1. The third kappa shape index (κ3) is 4.66. The van der Waals surface area contributed by atoms with Gasteiger partial charge < -0.3 is 15.0 Å². The van der Waals surface area contributed by atoms with Crippen molar-refractivity contribution >= 4 is 23.2 Å². The molecule has 7 heteroatoms. The summed E-state index contributed by atoms with van der Waals surface area (Å²) >= 11 is 5.98. The van der Waals surface area contributed by atoms with Crippen LogP contribution < -0.4 is 15.0 Å². The molecule has 1 unspecified atom stereocenters. The Morgan fingerprint density at radius 3 is 2.54 bits per heavy atom. The van der Waals surface area contributed by atoms with Crippen LogP contribution in [0.1, 0.15) is 5.56 Å². The molecule has 4 nitrogen and oxygen atoms in total. The molecule has 0 saturated heterocycles. The lowest BCUT2D eigenvalue weighted by atomic mass is 10.2. The number of halogens is 3. The number of hydrogen-bond donors (Lipinski definition) is 2. The maximum atomic E-state index is 13.5. The molecule has 1 atom stereocenters. The van der Waals surface area contributed by atoms with Crippen molar-refractivity contribution in [1.82, 2.24) is 0 Å². The Kier molecular flexibility index (Phi) is 6.11. The number of likely N-dealkylation sites (N-methyl/N-ethyl adjacent to an activating group) is 1. The van der Waals surface area contributed by atoms with Crippen molar-refractivity contribution in [2.75, 3.05) is 26.0 Å². The maximum absolute atomic E-state index is 13.5. The Balaban J connectivity index is 2.01. The van der Waals surface area contributed by atoms with Crippen molar-refractivity contribution in [2.45, 2.75) is 6.54 Å². The summed E-state index contributed by atoms with van der Waals surface area (Å²) in [6.07, 6.45) is 0. The second-order valence-electron chi connectivity index (χ2n) is 5.41. The zero-order valence-electron chi connectivity index (χ0n) is 13.3. The predicted molar refractivity (Wildman–Crippen MR) is 88.4 cm³/mol. The molecule has 2 rings (SSSR count). The maximum Gasteiger partial charge on any atom is 0.279 e. The second kappa shape index (κ2) is 8.08. The average Bonchev–Trinajstić information content (AvgIpc) is 2.51. The number of para-hydroxylation sites is 1. The third-order valence-corrected chi connectivity index (χ3v) is 3.66. The molecule has 0 fully saturated rings. The summed E-state index contributed by atoms with van der Waals surface area (Å²) < 4.78 is 32.4. The van der Waals surface area contributed by atoms with Crippen molar-refractivity contribution in [3.05, 3.63) is 58.6 Å². The van der Waals surface area contributed by atoms with E-state index in [0.717, 1.165) is 22.6 Å². The molecule has 0 spiro atoms. The highest BCUT2D eigenvalue weighted by atomic mass is 35.5. The van der Waals surface area contributed by atoms with E-state index < -0.39 is 23.2 Å². The van der Waals surface area contributed by atoms with Crippen LogP contribution in [-0.4, -0.2) is 26.6 Å². The number of benzene rings is 2. The molecule has 2 aromatic rings. The fraction of sp³-hybridized carbons (Fsp3) is 0.235. The average molecular weight is 356 g/mol. The van der Waals surface area contributed by atoms with Gasteiger partial charge in [-0.2, -0.15) is 0 Å². The Hall–Kier alpha value is -2.18. The molecule has 0 aliphatic carbocycles. The monoisotopic (exact) mass is 355 g/mol. The van der Waals surface area contributed by atoms with E-state index in [-0.39, 0.29) is 6.54 Å². The SMILES string of the molecule is COc1ccc(Cl)cc1C[NH+](C)CC(=O)Nc1c(F)cccc1F. The summed E-state index contributed by atoms with van der Waals surface area (Å²) in [5, 5.41) is 2.83. The zero-order valence-corrected chi connectivity index (χ0v) is 14.1. The molecule has 0 aromatic heterocycles. The number of ether oxygens (including phenoxy) is 1. The largest absolute Gasteiger partial charge is 0.496 e. The van der Waals surface area contributed by atoms with Crippen LogP contribution in [0.15, 0.2) is 36.4 Å². The lowest BCUT2D eigenvalue weighted by molar-refractivity contribution is -0.885. The van der Waals surface area contributed by atoms with Crippen LogP contribution in [0, 0.1) is 11.6 Å².